The van der Waals surface area contributed by atoms with E-state index in [4.69, 9.17) is 5.26 Å². The topological polar surface area (TPSA) is 27.0 Å². The van der Waals surface area contributed by atoms with Gasteiger partial charge in [-0.1, -0.05) is 18.6 Å². The van der Waals surface area contributed by atoms with Gasteiger partial charge >= 0.3 is 0 Å². The maximum absolute atomic E-state index is 8.48. The fourth-order valence-electron chi connectivity index (χ4n) is 1.64. The third-order valence-electron chi connectivity index (χ3n) is 1.88. The highest BCUT2D eigenvalue weighted by molar-refractivity contribution is 5.08. The van der Waals surface area contributed by atoms with Gasteiger partial charge in [0.1, 0.15) is 0 Å². The monoisotopic (exact) mass is 150 g/mol. The number of nitrogens with zero attached hydrogens (tertiary/aromatic N) is 2. The minimum atomic E-state index is 0.565. The molecule has 1 aliphatic heterocycles. The van der Waals surface area contributed by atoms with Crippen LogP contribution in [0.4, 0.5) is 0 Å². The normalized spacial score (nSPS) is 25.9. The van der Waals surface area contributed by atoms with Gasteiger partial charge in [0.2, 0.25) is 0 Å². The standard InChI is InChI=1S/C9H14N2/c1-8-5-9(2)7-11(6-8)4-3-10/h5,8H,4,6-7H2,1-2H3. The average Bonchev–Trinajstić information content (AvgIpc) is 1.85. The summed E-state index contributed by atoms with van der Waals surface area (Å²) in [5.41, 5.74) is 1.39. The Bertz CT molecular complexity index is 200. The summed E-state index contributed by atoms with van der Waals surface area (Å²) in [6.45, 7) is 6.88. The van der Waals surface area contributed by atoms with Crippen molar-refractivity contribution in [3.05, 3.63) is 11.6 Å². The molecular weight excluding hydrogens is 136 g/mol. The van der Waals surface area contributed by atoms with Crippen molar-refractivity contribution in [1.29, 1.82) is 5.26 Å². The fraction of sp³-hybridized carbons (Fsp3) is 0.667. The molecule has 0 bridgehead atoms. The lowest BCUT2D eigenvalue weighted by molar-refractivity contribution is 0.287. The van der Waals surface area contributed by atoms with Gasteiger partial charge in [-0.2, -0.15) is 5.26 Å². The summed E-state index contributed by atoms with van der Waals surface area (Å²) in [7, 11) is 0. The van der Waals surface area contributed by atoms with Crippen LogP contribution in [0, 0.1) is 17.2 Å². The lowest BCUT2D eigenvalue weighted by Gasteiger charge is -2.27. The first-order valence-electron chi connectivity index (χ1n) is 3.99. The van der Waals surface area contributed by atoms with Crippen molar-refractivity contribution in [2.75, 3.05) is 19.6 Å². The summed E-state index contributed by atoms with van der Waals surface area (Å²) in [4.78, 5) is 2.18. The molecule has 1 rings (SSSR count). The molecule has 11 heavy (non-hydrogen) atoms. The van der Waals surface area contributed by atoms with Gasteiger partial charge in [-0.25, -0.2) is 0 Å². The van der Waals surface area contributed by atoms with Gasteiger partial charge in [-0.05, 0) is 12.8 Å². The van der Waals surface area contributed by atoms with Crippen LogP contribution < -0.4 is 0 Å². The molecule has 0 N–H and O–H groups in total. The molecule has 1 aliphatic rings. The molecule has 0 saturated carbocycles. The quantitative estimate of drug-likeness (QED) is 0.417. The predicted octanol–water partition coefficient (Wildman–Crippen LogP) is 1.41. The summed E-state index contributed by atoms with van der Waals surface area (Å²) in [5.74, 6) is 0.608. The van der Waals surface area contributed by atoms with E-state index >= 15 is 0 Å². The second-order valence-electron chi connectivity index (χ2n) is 3.32. The zero-order valence-electron chi connectivity index (χ0n) is 7.17. The molecule has 0 aromatic heterocycles. The second kappa shape index (κ2) is 3.54. The van der Waals surface area contributed by atoms with Gasteiger partial charge in [0.15, 0.2) is 0 Å². The summed E-state index contributed by atoms with van der Waals surface area (Å²) in [5, 5.41) is 8.48. The van der Waals surface area contributed by atoms with Crippen LogP contribution in [0.15, 0.2) is 11.6 Å². The van der Waals surface area contributed by atoms with Gasteiger partial charge in [-0.3, -0.25) is 4.90 Å². The predicted molar refractivity (Wildman–Crippen MR) is 45.0 cm³/mol. The van der Waals surface area contributed by atoms with E-state index in [2.05, 4.69) is 30.9 Å². The van der Waals surface area contributed by atoms with E-state index < -0.39 is 0 Å². The van der Waals surface area contributed by atoms with Crippen LogP contribution in [-0.2, 0) is 0 Å². The van der Waals surface area contributed by atoms with Crippen LogP contribution in [0.2, 0.25) is 0 Å². The Hall–Kier alpha value is -0.810. The lowest BCUT2D eigenvalue weighted by atomic mass is 10.0. The molecule has 0 aromatic carbocycles. The highest BCUT2D eigenvalue weighted by Crippen LogP contribution is 2.13. The summed E-state index contributed by atoms with van der Waals surface area (Å²) < 4.78 is 0. The van der Waals surface area contributed by atoms with Crippen molar-refractivity contribution in [2.45, 2.75) is 13.8 Å². The Morgan fingerprint density at radius 3 is 3.09 bits per heavy atom. The average molecular weight is 150 g/mol. The summed E-state index contributed by atoms with van der Waals surface area (Å²) in [6.07, 6.45) is 2.29. The van der Waals surface area contributed by atoms with Crippen LogP contribution >= 0.6 is 0 Å². The van der Waals surface area contributed by atoms with Crippen LogP contribution in [0.3, 0.4) is 0 Å². The summed E-state index contributed by atoms with van der Waals surface area (Å²) in [6, 6.07) is 2.18. The Balaban J connectivity index is 2.51. The van der Waals surface area contributed by atoms with Gasteiger partial charge in [0, 0.05) is 13.1 Å². The first kappa shape index (κ1) is 8.29. The minimum Gasteiger partial charge on any atom is -0.286 e. The second-order valence-corrected chi connectivity index (χ2v) is 3.32. The zero-order chi connectivity index (χ0) is 8.27. The Morgan fingerprint density at radius 2 is 2.55 bits per heavy atom. The molecule has 1 unspecified atom stereocenters. The third-order valence-corrected chi connectivity index (χ3v) is 1.88. The third kappa shape index (κ3) is 2.36. The molecule has 0 fully saturated rings. The van der Waals surface area contributed by atoms with E-state index in [9.17, 15) is 0 Å². The molecule has 0 aliphatic carbocycles. The number of hydrogen-bond donors (Lipinski definition) is 0. The zero-order valence-corrected chi connectivity index (χ0v) is 7.17. The maximum atomic E-state index is 8.48. The van der Waals surface area contributed by atoms with Crippen LogP contribution in [-0.4, -0.2) is 24.5 Å². The molecule has 0 aromatic rings. The molecule has 0 saturated heterocycles. The van der Waals surface area contributed by atoms with Crippen molar-refractivity contribution in [1.82, 2.24) is 4.90 Å². The highest BCUT2D eigenvalue weighted by Gasteiger charge is 2.13. The SMILES string of the molecule is CC1=CC(C)CN(CC#N)C1. The van der Waals surface area contributed by atoms with Crippen molar-refractivity contribution in [3.63, 3.8) is 0 Å². The van der Waals surface area contributed by atoms with Gasteiger partial charge in [-0.15, -0.1) is 0 Å². The number of hydrogen-bond acceptors (Lipinski definition) is 2. The van der Waals surface area contributed by atoms with Crippen molar-refractivity contribution < 1.29 is 0 Å². The number of rotatable bonds is 1. The van der Waals surface area contributed by atoms with Crippen molar-refractivity contribution in [3.8, 4) is 6.07 Å². The van der Waals surface area contributed by atoms with Crippen LogP contribution in [0.25, 0.3) is 0 Å². The van der Waals surface area contributed by atoms with Gasteiger partial charge in [0.25, 0.3) is 0 Å². The molecule has 0 radical (unpaired) electrons. The Labute approximate surface area is 68.1 Å². The largest absolute Gasteiger partial charge is 0.286 e. The van der Waals surface area contributed by atoms with E-state index in [0.29, 0.717) is 12.5 Å². The minimum absolute atomic E-state index is 0.565. The van der Waals surface area contributed by atoms with Gasteiger partial charge < -0.3 is 0 Å². The first-order chi connectivity index (χ1) is 5.22. The molecule has 1 heterocycles. The highest BCUT2D eigenvalue weighted by atomic mass is 15.1. The number of nitriles is 1. The fourth-order valence-corrected chi connectivity index (χ4v) is 1.64. The van der Waals surface area contributed by atoms with Crippen LogP contribution in [0.1, 0.15) is 13.8 Å². The smallest absolute Gasteiger partial charge is 0.0868 e. The molecule has 2 heteroatoms. The molecule has 0 amide bonds. The van der Waals surface area contributed by atoms with E-state index in [0.717, 1.165) is 13.1 Å². The van der Waals surface area contributed by atoms with Crippen molar-refractivity contribution in [2.24, 2.45) is 5.92 Å². The molecule has 60 valence electrons. The Morgan fingerprint density at radius 1 is 1.82 bits per heavy atom. The van der Waals surface area contributed by atoms with Gasteiger partial charge in [0.05, 0.1) is 12.6 Å². The van der Waals surface area contributed by atoms with E-state index in [1.807, 2.05) is 0 Å². The van der Waals surface area contributed by atoms with Crippen LogP contribution in [0.5, 0.6) is 0 Å². The maximum Gasteiger partial charge on any atom is 0.0868 e. The van der Waals surface area contributed by atoms with E-state index in [-0.39, 0.29) is 0 Å². The Kier molecular flexibility index (Phi) is 2.67. The van der Waals surface area contributed by atoms with Crippen molar-refractivity contribution >= 4 is 0 Å². The van der Waals surface area contributed by atoms with E-state index in [1.54, 1.807) is 0 Å². The molecule has 1 atom stereocenters. The molecule has 2 nitrogen and oxygen atoms in total. The lowest BCUT2D eigenvalue weighted by Crippen LogP contribution is -2.33. The first-order valence-corrected chi connectivity index (χ1v) is 3.99. The molecule has 0 spiro atoms. The summed E-state index contributed by atoms with van der Waals surface area (Å²) >= 11 is 0. The molecular formula is C9H14N2. The van der Waals surface area contributed by atoms with E-state index in [1.165, 1.54) is 5.57 Å².